The van der Waals surface area contributed by atoms with Crippen molar-refractivity contribution in [2.45, 2.75) is 36.7 Å². The van der Waals surface area contributed by atoms with Crippen LogP contribution >= 0.6 is 23.3 Å². The van der Waals surface area contributed by atoms with Gasteiger partial charge in [-0.05, 0) is 72.5 Å². The van der Waals surface area contributed by atoms with Crippen LogP contribution < -0.4 is 0 Å². The van der Waals surface area contributed by atoms with Crippen LogP contribution in [0.2, 0.25) is 0 Å². The highest BCUT2D eigenvalue weighted by molar-refractivity contribution is 8.00. The minimum Gasteiger partial charge on any atom is -0.270 e. The van der Waals surface area contributed by atoms with E-state index < -0.39 is 0 Å². The molecule has 1 aromatic carbocycles. The van der Waals surface area contributed by atoms with Crippen molar-refractivity contribution in [1.82, 2.24) is 29.1 Å². The Labute approximate surface area is 165 Å². The van der Waals surface area contributed by atoms with Crippen LogP contribution in [0.1, 0.15) is 23.9 Å². The second kappa shape index (κ2) is 7.58. The highest BCUT2D eigenvalue weighted by atomic mass is 32.2. The van der Waals surface area contributed by atoms with Gasteiger partial charge < -0.3 is 0 Å². The van der Waals surface area contributed by atoms with Gasteiger partial charge >= 0.3 is 0 Å². The van der Waals surface area contributed by atoms with Gasteiger partial charge in [-0.25, -0.2) is 4.98 Å². The van der Waals surface area contributed by atoms with Gasteiger partial charge in [-0.3, -0.25) is 9.55 Å². The molecule has 0 bridgehead atoms. The lowest BCUT2D eigenvalue weighted by Gasteiger charge is -2.11. The molecule has 0 radical (unpaired) electrons. The molecule has 0 N–H and O–H groups in total. The highest BCUT2D eigenvalue weighted by Gasteiger charge is 2.18. The Morgan fingerprint density at radius 2 is 1.85 bits per heavy atom. The number of aryl methyl sites for hydroxylation is 3. The fourth-order valence-electron chi connectivity index (χ4n) is 2.62. The third-order valence-electron chi connectivity index (χ3n) is 4.26. The van der Waals surface area contributed by atoms with E-state index in [0.29, 0.717) is 0 Å². The Morgan fingerprint density at radius 3 is 2.56 bits per heavy atom. The van der Waals surface area contributed by atoms with E-state index >= 15 is 0 Å². The van der Waals surface area contributed by atoms with Crippen molar-refractivity contribution in [3.05, 3.63) is 59.7 Å². The molecule has 0 atom stereocenters. The normalized spacial score (nSPS) is 11.1. The molecule has 0 saturated heterocycles. The van der Waals surface area contributed by atoms with Gasteiger partial charge in [0.2, 0.25) is 5.16 Å². The van der Waals surface area contributed by atoms with Gasteiger partial charge in [-0.1, -0.05) is 13.0 Å². The fraction of sp³-hybridized carbons (Fsp3) is 0.211. The standard InChI is InChI=1S/C19H18N6S2/c1-4-16-21-19(27-24-16)26-18-23-22-17(14-7-9-20-10-8-14)25(18)15-6-5-12(2)13(3)11-15/h5-11H,4H2,1-3H3. The first-order chi connectivity index (χ1) is 13.2. The smallest absolute Gasteiger partial charge is 0.203 e. The molecule has 136 valence electrons. The lowest BCUT2D eigenvalue weighted by Crippen LogP contribution is -2.00. The van der Waals surface area contributed by atoms with Gasteiger partial charge in [0.1, 0.15) is 5.82 Å². The van der Waals surface area contributed by atoms with Crippen LogP contribution in [0.4, 0.5) is 0 Å². The zero-order chi connectivity index (χ0) is 18.8. The van der Waals surface area contributed by atoms with Crippen molar-refractivity contribution in [1.29, 1.82) is 0 Å². The van der Waals surface area contributed by atoms with Gasteiger partial charge in [0.05, 0.1) is 5.69 Å². The average Bonchev–Trinajstić information content (AvgIpc) is 3.32. The molecule has 0 unspecified atom stereocenters. The number of hydrogen-bond acceptors (Lipinski definition) is 7. The predicted molar refractivity (Wildman–Crippen MR) is 107 cm³/mol. The largest absolute Gasteiger partial charge is 0.270 e. The summed E-state index contributed by atoms with van der Waals surface area (Å²) in [6.07, 6.45) is 4.35. The maximum atomic E-state index is 4.55. The van der Waals surface area contributed by atoms with Gasteiger partial charge in [0.25, 0.3) is 0 Å². The van der Waals surface area contributed by atoms with Crippen LogP contribution in [0.25, 0.3) is 17.1 Å². The van der Waals surface area contributed by atoms with Crippen molar-refractivity contribution < 1.29 is 0 Å². The molecule has 8 heteroatoms. The predicted octanol–water partition coefficient (Wildman–Crippen LogP) is 4.51. The van der Waals surface area contributed by atoms with E-state index in [1.54, 1.807) is 12.4 Å². The van der Waals surface area contributed by atoms with E-state index in [-0.39, 0.29) is 0 Å². The second-order valence-corrected chi connectivity index (χ2v) is 8.04. The quantitative estimate of drug-likeness (QED) is 0.496. The Kier molecular flexibility index (Phi) is 5.00. The summed E-state index contributed by atoms with van der Waals surface area (Å²) in [6.45, 7) is 6.27. The van der Waals surface area contributed by atoms with E-state index in [9.17, 15) is 0 Å². The molecule has 3 aromatic heterocycles. The van der Waals surface area contributed by atoms with E-state index in [2.05, 4.69) is 68.1 Å². The van der Waals surface area contributed by atoms with Crippen LogP contribution in [0.5, 0.6) is 0 Å². The van der Waals surface area contributed by atoms with Crippen LogP contribution in [0.3, 0.4) is 0 Å². The molecule has 4 rings (SSSR count). The molecule has 0 aliphatic carbocycles. The molecule has 0 spiro atoms. The molecule has 6 nitrogen and oxygen atoms in total. The van der Waals surface area contributed by atoms with E-state index in [0.717, 1.165) is 38.8 Å². The maximum Gasteiger partial charge on any atom is 0.203 e. The molecule has 27 heavy (non-hydrogen) atoms. The van der Waals surface area contributed by atoms with Crippen LogP contribution in [-0.2, 0) is 6.42 Å². The highest BCUT2D eigenvalue weighted by Crippen LogP contribution is 2.33. The Bertz CT molecular complexity index is 1070. The van der Waals surface area contributed by atoms with Gasteiger partial charge in [-0.2, -0.15) is 4.37 Å². The first-order valence-corrected chi connectivity index (χ1v) is 10.2. The topological polar surface area (TPSA) is 69.4 Å². The maximum absolute atomic E-state index is 4.55. The van der Waals surface area contributed by atoms with Crippen molar-refractivity contribution in [2.75, 3.05) is 0 Å². The summed E-state index contributed by atoms with van der Waals surface area (Å²) in [4.78, 5) is 8.66. The Morgan fingerprint density at radius 1 is 1.04 bits per heavy atom. The van der Waals surface area contributed by atoms with Gasteiger partial charge in [0, 0.05) is 24.4 Å². The lowest BCUT2D eigenvalue weighted by molar-refractivity contribution is 0.882. The molecule has 0 aliphatic rings. The minimum absolute atomic E-state index is 0.767. The minimum atomic E-state index is 0.767. The van der Waals surface area contributed by atoms with Crippen LogP contribution in [0, 0.1) is 13.8 Å². The zero-order valence-corrected chi connectivity index (χ0v) is 16.9. The lowest BCUT2D eigenvalue weighted by atomic mass is 10.1. The number of rotatable bonds is 5. The summed E-state index contributed by atoms with van der Waals surface area (Å²) in [7, 11) is 0. The summed E-state index contributed by atoms with van der Waals surface area (Å²) in [5, 5.41) is 9.67. The van der Waals surface area contributed by atoms with E-state index in [1.165, 1.54) is 34.4 Å². The third kappa shape index (κ3) is 3.63. The van der Waals surface area contributed by atoms with Gasteiger partial charge in [0.15, 0.2) is 10.2 Å². The summed E-state index contributed by atoms with van der Waals surface area (Å²) in [5.41, 5.74) is 4.47. The van der Waals surface area contributed by atoms with E-state index in [4.69, 9.17) is 0 Å². The van der Waals surface area contributed by atoms with Crippen molar-refractivity contribution in [3.63, 3.8) is 0 Å². The molecule has 0 saturated carbocycles. The van der Waals surface area contributed by atoms with Crippen molar-refractivity contribution >= 4 is 23.3 Å². The molecule has 0 amide bonds. The van der Waals surface area contributed by atoms with E-state index in [1.807, 2.05) is 12.1 Å². The first kappa shape index (κ1) is 17.8. The fourth-order valence-corrected chi connectivity index (χ4v) is 4.28. The molecular formula is C19H18N6S2. The SMILES string of the molecule is CCc1nsc(Sc2nnc(-c3ccncc3)n2-c2ccc(C)c(C)c2)n1. The zero-order valence-electron chi connectivity index (χ0n) is 15.2. The summed E-state index contributed by atoms with van der Waals surface area (Å²) >= 11 is 2.88. The molecular weight excluding hydrogens is 376 g/mol. The number of pyridine rings is 1. The first-order valence-electron chi connectivity index (χ1n) is 8.59. The molecule has 0 fully saturated rings. The summed E-state index contributed by atoms with van der Waals surface area (Å²) < 4.78 is 7.30. The van der Waals surface area contributed by atoms with Crippen LogP contribution in [0.15, 0.2) is 52.2 Å². The molecule has 0 aliphatic heterocycles. The van der Waals surface area contributed by atoms with Gasteiger partial charge in [-0.15, -0.1) is 10.2 Å². The molecule has 3 heterocycles. The number of benzene rings is 1. The Balaban J connectivity index is 1.83. The number of aromatic nitrogens is 6. The number of nitrogens with zero attached hydrogens (tertiary/aromatic N) is 6. The summed E-state index contributed by atoms with van der Waals surface area (Å²) in [5.74, 6) is 1.64. The van der Waals surface area contributed by atoms with Crippen molar-refractivity contribution in [3.8, 4) is 17.1 Å². The average molecular weight is 395 g/mol. The third-order valence-corrected chi connectivity index (χ3v) is 6.00. The summed E-state index contributed by atoms with van der Waals surface area (Å²) in [6, 6.07) is 10.3. The molecule has 4 aromatic rings. The number of hydrogen-bond donors (Lipinski definition) is 0. The van der Waals surface area contributed by atoms with Crippen LogP contribution in [-0.4, -0.2) is 29.1 Å². The van der Waals surface area contributed by atoms with Crippen molar-refractivity contribution in [2.24, 2.45) is 0 Å². The Hall–Kier alpha value is -2.58. The monoisotopic (exact) mass is 394 g/mol. The second-order valence-electron chi connectivity index (χ2n) is 6.08.